The highest BCUT2D eigenvalue weighted by Crippen LogP contribution is 2.25. The minimum absolute atomic E-state index is 0.0999. The standard InChI is InChI=1S/C24H24N6O2S/c1-15-9-16(2)22(17(3)10-15)29-20(31)12-25-21(32)13-33-24-19-11-28-30(23(19)26-14-27-24)18-7-5-4-6-8-18/h4-11,14H,12-13H2,1-3H3,(H,25,32)(H,29,31). The first kappa shape index (κ1) is 22.5. The zero-order valence-electron chi connectivity index (χ0n) is 18.6. The van der Waals surface area contributed by atoms with E-state index in [0.717, 1.165) is 33.5 Å². The lowest BCUT2D eigenvalue weighted by Gasteiger charge is -2.13. The normalized spacial score (nSPS) is 10.9. The number of benzene rings is 2. The molecular formula is C24H24N6O2S. The quantitative estimate of drug-likeness (QED) is 0.323. The van der Waals surface area contributed by atoms with Gasteiger partial charge in [-0.3, -0.25) is 9.59 Å². The summed E-state index contributed by atoms with van der Waals surface area (Å²) in [6.45, 7) is 5.82. The van der Waals surface area contributed by atoms with E-state index < -0.39 is 0 Å². The van der Waals surface area contributed by atoms with Gasteiger partial charge in [0.2, 0.25) is 11.8 Å². The number of nitrogens with one attached hydrogen (secondary N) is 2. The molecule has 0 spiro atoms. The van der Waals surface area contributed by atoms with Crippen molar-refractivity contribution in [2.24, 2.45) is 0 Å². The second kappa shape index (κ2) is 9.83. The number of hydrogen-bond acceptors (Lipinski definition) is 6. The van der Waals surface area contributed by atoms with Crippen LogP contribution in [0.1, 0.15) is 16.7 Å². The molecule has 2 aromatic heterocycles. The predicted octanol–water partition coefficient (Wildman–Crippen LogP) is 3.59. The molecule has 4 rings (SSSR count). The Kier molecular flexibility index (Phi) is 6.69. The number of amides is 2. The van der Waals surface area contributed by atoms with E-state index in [2.05, 4.69) is 25.7 Å². The molecule has 0 atom stereocenters. The van der Waals surface area contributed by atoms with Crippen molar-refractivity contribution in [2.75, 3.05) is 17.6 Å². The Labute approximate surface area is 195 Å². The molecule has 2 heterocycles. The highest BCUT2D eigenvalue weighted by Gasteiger charge is 2.14. The molecule has 0 saturated heterocycles. The van der Waals surface area contributed by atoms with E-state index in [1.165, 1.54) is 18.1 Å². The lowest BCUT2D eigenvalue weighted by molar-refractivity contribution is -0.122. The first-order chi connectivity index (χ1) is 15.9. The summed E-state index contributed by atoms with van der Waals surface area (Å²) < 4.78 is 1.74. The molecule has 168 valence electrons. The van der Waals surface area contributed by atoms with E-state index >= 15 is 0 Å². The lowest BCUT2D eigenvalue weighted by Crippen LogP contribution is -2.34. The fraction of sp³-hybridized carbons (Fsp3) is 0.208. The van der Waals surface area contributed by atoms with E-state index in [9.17, 15) is 9.59 Å². The zero-order chi connectivity index (χ0) is 23.4. The third kappa shape index (κ3) is 5.20. The van der Waals surface area contributed by atoms with E-state index in [4.69, 9.17) is 0 Å². The summed E-state index contributed by atoms with van der Waals surface area (Å²) in [5.41, 5.74) is 5.47. The van der Waals surface area contributed by atoms with Crippen molar-refractivity contribution in [2.45, 2.75) is 25.8 Å². The van der Waals surface area contributed by atoms with Gasteiger partial charge in [0, 0.05) is 5.69 Å². The third-order valence-electron chi connectivity index (χ3n) is 5.06. The van der Waals surface area contributed by atoms with Crippen molar-refractivity contribution in [3.05, 3.63) is 71.7 Å². The lowest BCUT2D eigenvalue weighted by atomic mass is 10.1. The molecule has 0 fully saturated rings. The van der Waals surface area contributed by atoms with Crippen LogP contribution in [0.3, 0.4) is 0 Å². The van der Waals surface area contributed by atoms with Gasteiger partial charge < -0.3 is 10.6 Å². The monoisotopic (exact) mass is 460 g/mol. The number of thioether (sulfide) groups is 1. The largest absolute Gasteiger partial charge is 0.346 e. The van der Waals surface area contributed by atoms with Crippen LogP contribution in [0.25, 0.3) is 16.7 Å². The number of rotatable bonds is 7. The maximum atomic E-state index is 12.3. The predicted molar refractivity (Wildman–Crippen MR) is 130 cm³/mol. The molecule has 0 radical (unpaired) electrons. The topological polar surface area (TPSA) is 102 Å². The zero-order valence-corrected chi connectivity index (χ0v) is 19.4. The molecule has 8 nitrogen and oxygen atoms in total. The van der Waals surface area contributed by atoms with Gasteiger partial charge in [-0.05, 0) is 44.0 Å². The Hall–Kier alpha value is -3.72. The van der Waals surface area contributed by atoms with E-state index in [1.54, 1.807) is 10.9 Å². The average Bonchev–Trinajstić information content (AvgIpc) is 3.24. The molecule has 0 bridgehead atoms. The number of carbonyl (C=O) groups is 2. The molecule has 0 aliphatic rings. The maximum Gasteiger partial charge on any atom is 0.243 e. The molecule has 2 aromatic carbocycles. The number of aromatic nitrogens is 4. The maximum absolute atomic E-state index is 12.3. The van der Waals surface area contributed by atoms with Crippen LogP contribution in [-0.2, 0) is 9.59 Å². The first-order valence-electron chi connectivity index (χ1n) is 10.4. The molecule has 33 heavy (non-hydrogen) atoms. The van der Waals surface area contributed by atoms with Crippen molar-refractivity contribution in [1.29, 1.82) is 0 Å². The number of hydrogen-bond donors (Lipinski definition) is 2. The molecule has 9 heteroatoms. The van der Waals surface area contributed by atoms with Gasteiger partial charge in [-0.1, -0.05) is 47.7 Å². The molecule has 0 aliphatic carbocycles. The van der Waals surface area contributed by atoms with Crippen LogP contribution in [0, 0.1) is 20.8 Å². The van der Waals surface area contributed by atoms with Crippen LogP contribution in [0.4, 0.5) is 5.69 Å². The van der Waals surface area contributed by atoms with Crippen LogP contribution < -0.4 is 10.6 Å². The number of para-hydroxylation sites is 1. The van der Waals surface area contributed by atoms with Crippen LogP contribution in [0.15, 0.2) is 60.0 Å². The van der Waals surface area contributed by atoms with Gasteiger partial charge in [0.05, 0.1) is 29.6 Å². The Morgan fingerprint density at radius 3 is 2.45 bits per heavy atom. The minimum Gasteiger partial charge on any atom is -0.346 e. The summed E-state index contributed by atoms with van der Waals surface area (Å²) >= 11 is 1.28. The molecule has 2 amide bonds. The van der Waals surface area contributed by atoms with Crippen LogP contribution >= 0.6 is 11.8 Å². The van der Waals surface area contributed by atoms with Crippen molar-refractivity contribution in [1.82, 2.24) is 25.1 Å². The molecular weight excluding hydrogens is 436 g/mol. The van der Waals surface area contributed by atoms with Crippen molar-refractivity contribution in [3.63, 3.8) is 0 Å². The van der Waals surface area contributed by atoms with Gasteiger partial charge in [-0.2, -0.15) is 5.10 Å². The SMILES string of the molecule is Cc1cc(C)c(NC(=O)CNC(=O)CSc2ncnc3c2cnn3-c2ccccc2)c(C)c1. The van der Waals surface area contributed by atoms with Gasteiger partial charge >= 0.3 is 0 Å². The van der Waals surface area contributed by atoms with Crippen molar-refractivity contribution < 1.29 is 9.59 Å². The van der Waals surface area contributed by atoms with Crippen molar-refractivity contribution in [3.8, 4) is 5.69 Å². The fourth-order valence-corrected chi connectivity index (χ4v) is 4.41. The van der Waals surface area contributed by atoms with Gasteiger partial charge in [0.15, 0.2) is 5.65 Å². The smallest absolute Gasteiger partial charge is 0.243 e. The van der Waals surface area contributed by atoms with Crippen LogP contribution in [0.5, 0.6) is 0 Å². The van der Waals surface area contributed by atoms with E-state index in [0.29, 0.717) is 10.7 Å². The number of fused-ring (bicyclic) bond motifs is 1. The second-order valence-electron chi connectivity index (χ2n) is 7.70. The van der Waals surface area contributed by atoms with E-state index in [1.807, 2.05) is 63.2 Å². The van der Waals surface area contributed by atoms with Crippen molar-refractivity contribution >= 4 is 40.3 Å². The van der Waals surface area contributed by atoms with Gasteiger partial charge in [-0.25, -0.2) is 14.6 Å². The summed E-state index contributed by atoms with van der Waals surface area (Å²) in [4.78, 5) is 33.3. The minimum atomic E-state index is -0.267. The van der Waals surface area contributed by atoms with Crippen LogP contribution in [-0.4, -0.2) is 43.9 Å². The number of aryl methyl sites for hydroxylation is 3. The molecule has 0 saturated carbocycles. The Balaban J connectivity index is 1.35. The summed E-state index contributed by atoms with van der Waals surface area (Å²) in [7, 11) is 0. The fourth-order valence-electron chi connectivity index (χ4n) is 3.62. The molecule has 4 aromatic rings. The first-order valence-corrected chi connectivity index (χ1v) is 11.4. The Bertz CT molecular complexity index is 1300. The number of nitrogens with zero attached hydrogens (tertiary/aromatic N) is 4. The van der Waals surface area contributed by atoms with Gasteiger partial charge in [0.1, 0.15) is 11.4 Å². The van der Waals surface area contributed by atoms with Gasteiger partial charge in [-0.15, -0.1) is 0 Å². The number of carbonyl (C=O) groups excluding carboxylic acids is 2. The summed E-state index contributed by atoms with van der Waals surface area (Å²) in [5, 5.41) is 11.4. The third-order valence-corrected chi connectivity index (χ3v) is 6.06. The average molecular weight is 461 g/mol. The highest BCUT2D eigenvalue weighted by atomic mass is 32.2. The molecule has 0 aliphatic heterocycles. The Morgan fingerprint density at radius 1 is 1.00 bits per heavy atom. The molecule has 0 unspecified atom stereocenters. The Morgan fingerprint density at radius 2 is 1.73 bits per heavy atom. The molecule has 2 N–H and O–H groups in total. The van der Waals surface area contributed by atoms with Crippen LogP contribution in [0.2, 0.25) is 0 Å². The highest BCUT2D eigenvalue weighted by molar-refractivity contribution is 8.00. The second-order valence-corrected chi connectivity index (χ2v) is 8.66. The van der Waals surface area contributed by atoms with Gasteiger partial charge in [0.25, 0.3) is 0 Å². The number of anilines is 1. The summed E-state index contributed by atoms with van der Waals surface area (Å²) in [5.74, 6) is -0.398. The summed E-state index contributed by atoms with van der Waals surface area (Å²) in [6.07, 6.45) is 3.16. The summed E-state index contributed by atoms with van der Waals surface area (Å²) in [6, 6.07) is 13.7. The van der Waals surface area contributed by atoms with E-state index in [-0.39, 0.29) is 24.1 Å².